The Morgan fingerprint density at radius 2 is 2.00 bits per heavy atom. The lowest BCUT2D eigenvalue weighted by molar-refractivity contribution is 0.614. The number of hydrogen-bond donors (Lipinski definition) is 1. The molecule has 12 heavy (non-hydrogen) atoms. The van der Waals surface area contributed by atoms with E-state index in [9.17, 15) is 8.42 Å². The molecular formula is C4H3Cl2N3O2S. The minimum absolute atomic E-state index is 0.0226. The van der Waals surface area contributed by atoms with Gasteiger partial charge in [0.25, 0.3) is 0 Å². The third-order valence-corrected chi connectivity index (χ3v) is 1.74. The highest BCUT2D eigenvalue weighted by Gasteiger charge is 2.04. The van der Waals surface area contributed by atoms with E-state index < -0.39 is 9.24 Å². The smallest absolute Gasteiger partial charge is 0.253 e. The molecular weight excluding hydrogens is 225 g/mol. The van der Waals surface area contributed by atoms with Crippen molar-refractivity contribution in [1.82, 2.24) is 10.2 Å². The molecule has 66 valence electrons. The molecule has 1 rings (SSSR count). The third kappa shape index (κ3) is 3.21. The largest absolute Gasteiger partial charge is 0.320 e. The quantitative estimate of drug-likeness (QED) is 0.767. The maximum atomic E-state index is 10.4. The number of aromatic nitrogens is 2. The molecule has 0 aliphatic heterocycles. The van der Waals surface area contributed by atoms with Crippen LogP contribution in [0.15, 0.2) is 12.1 Å². The van der Waals surface area contributed by atoms with Crippen molar-refractivity contribution < 1.29 is 8.42 Å². The summed E-state index contributed by atoms with van der Waals surface area (Å²) in [7, 11) is 1.05. The molecule has 1 aromatic heterocycles. The van der Waals surface area contributed by atoms with E-state index in [1.165, 1.54) is 12.1 Å². The number of rotatable bonds is 2. The van der Waals surface area contributed by atoms with Crippen LogP contribution in [0.5, 0.6) is 0 Å². The lowest BCUT2D eigenvalue weighted by Gasteiger charge is -1.97. The number of anilines is 1. The van der Waals surface area contributed by atoms with Gasteiger partial charge in [-0.2, -0.15) is 8.42 Å². The van der Waals surface area contributed by atoms with Gasteiger partial charge in [-0.3, -0.25) is 4.72 Å². The molecule has 0 saturated carbocycles. The second-order valence-corrected chi connectivity index (χ2v) is 4.47. The molecule has 0 bridgehead atoms. The summed E-state index contributed by atoms with van der Waals surface area (Å²) in [6.07, 6.45) is 0. The highest BCUT2D eigenvalue weighted by atomic mass is 35.7. The summed E-state index contributed by atoms with van der Waals surface area (Å²) in [6.45, 7) is 0. The first-order valence-corrected chi connectivity index (χ1v) is 5.38. The summed E-state index contributed by atoms with van der Waals surface area (Å²) in [5.74, 6) is 0.0226. The zero-order valence-corrected chi connectivity index (χ0v) is 7.86. The predicted molar refractivity (Wildman–Crippen MR) is 45.4 cm³/mol. The SMILES string of the molecule is O=S(=O)(Cl)Nc1ccc(Cl)nn1. The Bertz CT molecular complexity index is 362. The minimum Gasteiger partial charge on any atom is -0.253 e. The highest BCUT2D eigenvalue weighted by molar-refractivity contribution is 8.14. The molecule has 0 saturated heterocycles. The number of hydrogen-bond acceptors (Lipinski definition) is 4. The molecule has 0 fully saturated rings. The molecule has 8 heteroatoms. The molecule has 0 unspecified atom stereocenters. The average molecular weight is 228 g/mol. The zero-order chi connectivity index (χ0) is 9.19. The summed E-state index contributed by atoms with van der Waals surface area (Å²) >= 11 is 5.40. The van der Waals surface area contributed by atoms with Gasteiger partial charge in [0.1, 0.15) is 0 Å². The highest BCUT2D eigenvalue weighted by Crippen LogP contribution is 2.08. The molecule has 0 atom stereocenters. The summed E-state index contributed by atoms with van der Waals surface area (Å²) in [5, 5.41) is 6.97. The lowest BCUT2D eigenvalue weighted by atomic mass is 10.5. The first kappa shape index (κ1) is 9.50. The predicted octanol–water partition coefficient (Wildman–Crippen LogP) is 1.03. The normalized spacial score (nSPS) is 11.2. The van der Waals surface area contributed by atoms with Gasteiger partial charge in [0.05, 0.1) is 0 Å². The fourth-order valence-corrected chi connectivity index (χ4v) is 1.19. The topological polar surface area (TPSA) is 72.0 Å². The summed E-state index contributed by atoms with van der Waals surface area (Å²) in [5.41, 5.74) is 0. The van der Waals surface area contributed by atoms with E-state index in [0.717, 1.165) is 0 Å². The molecule has 0 aliphatic rings. The minimum atomic E-state index is -3.81. The van der Waals surface area contributed by atoms with Gasteiger partial charge in [0.15, 0.2) is 11.0 Å². The van der Waals surface area contributed by atoms with Crippen molar-refractivity contribution in [3.63, 3.8) is 0 Å². The summed E-state index contributed by atoms with van der Waals surface area (Å²) in [4.78, 5) is 0. The van der Waals surface area contributed by atoms with Crippen LogP contribution >= 0.6 is 22.3 Å². The Labute approximate surface area is 78.3 Å². The monoisotopic (exact) mass is 227 g/mol. The van der Waals surface area contributed by atoms with Gasteiger partial charge in [0.2, 0.25) is 0 Å². The number of nitrogens with zero attached hydrogens (tertiary/aromatic N) is 2. The third-order valence-electron chi connectivity index (χ3n) is 0.858. The molecule has 0 aliphatic carbocycles. The molecule has 0 aromatic carbocycles. The van der Waals surface area contributed by atoms with Crippen LogP contribution in [0.2, 0.25) is 5.15 Å². The lowest BCUT2D eigenvalue weighted by Crippen LogP contribution is -2.06. The Kier molecular flexibility index (Phi) is 2.71. The fourth-order valence-electron chi connectivity index (χ4n) is 0.495. The Hall–Kier alpha value is -0.590. The second kappa shape index (κ2) is 3.42. The molecule has 1 N–H and O–H groups in total. The molecule has 1 aromatic rings. The number of halogens is 2. The van der Waals surface area contributed by atoms with Crippen LogP contribution in [-0.2, 0) is 9.24 Å². The van der Waals surface area contributed by atoms with Crippen LogP contribution in [0.3, 0.4) is 0 Å². The summed E-state index contributed by atoms with van der Waals surface area (Å²) < 4.78 is 22.8. The molecule has 1 heterocycles. The molecule has 0 radical (unpaired) electrons. The van der Waals surface area contributed by atoms with Crippen molar-refractivity contribution in [2.45, 2.75) is 0 Å². The van der Waals surface area contributed by atoms with E-state index in [2.05, 4.69) is 10.2 Å². The van der Waals surface area contributed by atoms with E-state index in [-0.39, 0.29) is 11.0 Å². The Morgan fingerprint density at radius 1 is 1.33 bits per heavy atom. The maximum Gasteiger partial charge on any atom is 0.320 e. The van der Waals surface area contributed by atoms with E-state index in [1.807, 2.05) is 4.72 Å². The van der Waals surface area contributed by atoms with Crippen LogP contribution in [0, 0.1) is 0 Å². The van der Waals surface area contributed by atoms with Gasteiger partial charge >= 0.3 is 9.24 Å². The standard InChI is InChI=1S/C4H3Cl2N3O2S/c5-3-1-2-4(8-7-3)9-12(6,10)11/h1-2H,(H,8,9). The van der Waals surface area contributed by atoms with Crippen LogP contribution < -0.4 is 4.72 Å². The van der Waals surface area contributed by atoms with Crippen molar-refractivity contribution in [1.29, 1.82) is 0 Å². The molecule has 0 spiro atoms. The van der Waals surface area contributed by atoms with E-state index in [4.69, 9.17) is 22.3 Å². The zero-order valence-electron chi connectivity index (χ0n) is 5.53. The first-order valence-electron chi connectivity index (χ1n) is 2.69. The van der Waals surface area contributed by atoms with E-state index in [0.29, 0.717) is 0 Å². The maximum absolute atomic E-state index is 10.4. The number of nitrogens with one attached hydrogen (secondary N) is 1. The Morgan fingerprint density at radius 3 is 2.42 bits per heavy atom. The Balaban J connectivity index is 2.85. The van der Waals surface area contributed by atoms with Crippen molar-refractivity contribution >= 4 is 37.3 Å². The molecule has 0 amide bonds. The second-order valence-electron chi connectivity index (χ2n) is 1.78. The van der Waals surface area contributed by atoms with Gasteiger partial charge in [-0.15, -0.1) is 10.2 Å². The van der Waals surface area contributed by atoms with Gasteiger partial charge in [0, 0.05) is 10.7 Å². The van der Waals surface area contributed by atoms with Crippen molar-refractivity contribution in [3.8, 4) is 0 Å². The molecule has 5 nitrogen and oxygen atoms in total. The van der Waals surface area contributed by atoms with Crippen molar-refractivity contribution in [2.24, 2.45) is 0 Å². The van der Waals surface area contributed by atoms with E-state index >= 15 is 0 Å². The van der Waals surface area contributed by atoms with Gasteiger partial charge < -0.3 is 0 Å². The van der Waals surface area contributed by atoms with Gasteiger partial charge in [-0.25, -0.2) is 0 Å². The van der Waals surface area contributed by atoms with Gasteiger partial charge in [-0.1, -0.05) is 11.6 Å². The van der Waals surface area contributed by atoms with Crippen LogP contribution in [0.1, 0.15) is 0 Å². The summed E-state index contributed by atoms with van der Waals surface area (Å²) in [6, 6.07) is 2.73. The van der Waals surface area contributed by atoms with Crippen LogP contribution in [0.25, 0.3) is 0 Å². The fraction of sp³-hybridized carbons (Fsp3) is 0. The van der Waals surface area contributed by atoms with Crippen molar-refractivity contribution in [3.05, 3.63) is 17.3 Å². The van der Waals surface area contributed by atoms with Gasteiger partial charge in [-0.05, 0) is 12.1 Å². The van der Waals surface area contributed by atoms with Crippen LogP contribution in [-0.4, -0.2) is 18.6 Å². The first-order chi connectivity index (χ1) is 5.47. The van der Waals surface area contributed by atoms with E-state index in [1.54, 1.807) is 0 Å². The average Bonchev–Trinajstić information content (AvgIpc) is 1.91. The van der Waals surface area contributed by atoms with Crippen LogP contribution in [0.4, 0.5) is 5.82 Å². The van der Waals surface area contributed by atoms with Crippen molar-refractivity contribution in [2.75, 3.05) is 4.72 Å².